The number of aromatic nitrogens is 4. The molecule has 0 fully saturated rings. The highest BCUT2D eigenvalue weighted by Gasteiger charge is 2.22. The standard InChI is InChI=1S/C51H32N4O/c1-4-15-33(16-5-1)43-32-44(42-25-14-24-41-40-23-12-13-26-46(40)56-50(41)42)53-51(52-43)37-29-27-36(28-30-37)48-47(35-19-8-3-9-20-35)49-39-22-11-10-21-38(39)31-45(55(49)54-48)34-17-6-2-7-18-34/h1-32H. The van der Waals surface area contributed by atoms with Crippen molar-refractivity contribution in [2.45, 2.75) is 0 Å². The molecule has 11 rings (SSSR count). The first-order valence-corrected chi connectivity index (χ1v) is 18.8. The molecule has 7 aromatic carbocycles. The minimum Gasteiger partial charge on any atom is -0.455 e. The molecule has 0 saturated carbocycles. The monoisotopic (exact) mass is 716 g/mol. The van der Waals surface area contributed by atoms with Crippen molar-refractivity contribution in [2.24, 2.45) is 0 Å². The number of pyridine rings is 1. The van der Waals surface area contributed by atoms with Crippen molar-refractivity contribution >= 4 is 38.2 Å². The quantitative estimate of drug-likeness (QED) is 0.172. The van der Waals surface area contributed by atoms with Gasteiger partial charge in [0.25, 0.3) is 0 Å². The molecule has 0 aliphatic rings. The maximum atomic E-state index is 6.46. The van der Waals surface area contributed by atoms with E-state index in [1.165, 1.54) is 5.39 Å². The van der Waals surface area contributed by atoms with Crippen LogP contribution in [-0.4, -0.2) is 19.6 Å². The van der Waals surface area contributed by atoms with Crippen LogP contribution >= 0.6 is 0 Å². The van der Waals surface area contributed by atoms with E-state index in [1.807, 2.05) is 36.4 Å². The van der Waals surface area contributed by atoms with E-state index >= 15 is 0 Å². The van der Waals surface area contributed by atoms with Gasteiger partial charge in [-0.05, 0) is 35.2 Å². The molecule has 0 radical (unpaired) electrons. The average molecular weight is 717 g/mol. The number of rotatable bonds is 6. The van der Waals surface area contributed by atoms with Crippen molar-refractivity contribution in [3.63, 3.8) is 0 Å². The molecule has 4 heterocycles. The van der Waals surface area contributed by atoms with Crippen LogP contribution < -0.4 is 0 Å². The topological polar surface area (TPSA) is 56.2 Å². The van der Waals surface area contributed by atoms with E-state index in [0.29, 0.717) is 5.82 Å². The second kappa shape index (κ2) is 13.0. The predicted octanol–water partition coefficient (Wildman–Crippen LogP) is 13.2. The van der Waals surface area contributed by atoms with Gasteiger partial charge in [0.05, 0.1) is 22.6 Å². The summed E-state index contributed by atoms with van der Waals surface area (Å²) in [6.07, 6.45) is 0. The Balaban J connectivity index is 1.10. The van der Waals surface area contributed by atoms with E-state index in [1.54, 1.807) is 0 Å². The first-order valence-electron chi connectivity index (χ1n) is 18.8. The zero-order valence-electron chi connectivity index (χ0n) is 30.2. The second-order valence-corrected chi connectivity index (χ2v) is 14.0. The SMILES string of the molecule is c1ccc(-c2cc(-c3cccc4c3oc3ccccc34)nc(-c3ccc(-c4nn5c(-c6ccccc6)cc6ccccc6c5c4-c4ccccc4)cc3)n2)cc1. The van der Waals surface area contributed by atoms with Crippen molar-refractivity contribution in [3.05, 3.63) is 194 Å². The minimum atomic E-state index is 0.636. The third-order valence-electron chi connectivity index (χ3n) is 10.6. The molecule has 0 bridgehead atoms. The van der Waals surface area contributed by atoms with Crippen LogP contribution in [0.5, 0.6) is 0 Å². The molecule has 262 valence electrons. The van der Waals surface area contributed by atoms with E-state index in [-0.39, 0.29) is 0 Å². The molecule has 5 heteroatoms. The van der Waals surface area contributed by atoms with E-state index in [0.717, 1.165) is 94.6 Å². The molecular formula is C51H32N4O. The lowest BCUT2D eigenvalue weighted by Gasteiger charge is -2.11. The number of furan rings is 1. The molecular weight excluding hydrogens is 685 g/mol. The number of hydrogen-bond donors (Lipinski definition) is 0. The summed E-state index contributed by atoms with van der Waals surface area (Å²) in [7, 11) is 0. The molecule has 4 aromatic heterocycles. The average Bonchev–Trinajstić information content (AvgIpc) is 3.87. The second-order valence-electron chi connectivity index (χ2n) is 14.0. The fourth-order valence-corrected chi connectivity index (χ4v) is 7.98. The number of fused-ring (bicyclic) bond motifs is 6. The lowest BCUT2D eigenvalue weighted by molar-refractivity contribution is 0.670. The van der Waals surface area contributed by atoms with Gasteiger partial charge >= 0.3 is 0 Å². The highest BCUT2D eigenvalue weighted by atomic mass is 16.3. The lowest BCUT2D eigenvalue weighted by Crippen LogP contribution is -1.96. The molecule has 0 aliphatic heterocycles. The number of hydrogen-bond acceptors (Lipinski definition) is 4. The molecule has 0 N–H and O–H groups in total. The van der Waals surface area contributed by atoms with Gasteiger partial charge in [-0.3, -0.25) is 0 Å². The normalized spacial score (nSPS) is 11.6. The molecule has 0 atom stereocenters. The molecule has 0 aliphatic carbocycles. The Labute approximate surface area is 322 Å². The molecule has 0 amide bonds. The van der Waals surface area contributed by atoms with Gasteiger partial charge in [-0.2, -0.15) is 5.10 Å². The van der Waals surface area contributed by atoms with Crippen LogP contribution in [-0.2, 0) is 0 Å². The maximum Gasteiger partial charge on any atom is 0.160 e. The number of benzene rings is 7. The van der Waals surface area contributed by atoms with Crippen molar-refractivity contribution in [1.29, 1.82) is 0 Å². The Morgan fingerprint density at radius 2 is 1.04 bits per heavy atom. The summed E-state index contributed by atoms with van der Waals surface area (Å²) in [5.41, 5.74) is 13.5. The smallest absolute Gasteiger partial charge is 0.160 e. The molecule has 11 aromatic rings. The first kappa shape index (κ1) is 31.9. The zero-order chi connectivity index (χ0) is 37.0. The highest BCUT2D eigenvalue weighted by molar-refractivity contribution is 6.10. The third kappa shape index (κ3) is 5.29. The maximum absolute atomic E-state index is 6.46. The summed E-state index contributed by atoms with van der Waals surface area (Å²) in [5, 5.41) is 9.89. The molecule has 56 heavy (non-hydrogen) atoms. The van der Waals surface area contributed by atoms with Crippen LogP contribution in [0.25, 0.3) is 106 Å². The summed E-state index contributed by atoms with van der Waals surface area (Å²) in [6.45, 7) is 0. The van der Waals surface area contributed by atoms with Gasteiger partial charge in [0, 0.05) is 49.5 Å². The van der Waals surface area contributed by atoms with Crippen LogP contribution in [0, 0.1) is 0 Å². The Morgan fingerprint density at radius 3 is 1.80 bits per heavy atom. The van der Waals surface area contributed by atoms with Crippen molar-refractivity contribution < 1.29 is 4.42 Å². The molecule has 0 unspecified atom stereocenters. The number of nitrogens with zero attached hydrogens (tertiary/aromatic N) is 4. The summed E-state index contributed by atoms with van der Waals surface area (Å²) >= 11 is 0. The first-order chi connectivity index (χ1) is 27.8. The van der Waals surface area contributed by atoms with E-state index in [2.05, 4.69) is 162 Å². The summed E-state index contributed by atoms with van der Waals surface area (Å²) in [6, 6.07) is 67.2. The molecule has 0 saturated heterocycles. The van der Waals surface area contributed by atoms with Gasteiger partial charge in [0.15, 0.2) is 5.82 Å². The van der Waals surface area contributed by atoms with Gasteiger partial charge in [-0.15, -0.1) is 0 Å². The van der Waals surface area contributed by atoms with Crippen molar-refractivity contribution in [1.82, 2.24) is 19.6 Å². The number of para-hydroxylation sites is 2. The lowest BCUT2D eigenvalue weighted by atomic mass is 9.96. The summed E-state index contributed by atoms with van der Waals surface area (Å²) in [5.74, 6) is 0.636. The fraction of sp³-hybridized carbons (Fsp3) is 0. The van der Waals surface area contributed by atoms with Gasteiger partial charge in [0.1, 0.15) is 16.9 Å². The minimum absolute atomic E-state index is 0.636. The van der Waals surface area contributed by atoms with E-state index in [9.17, 15) is 0 Å². The largest absolute Gasteiger partial charge is 0.455 e. The Bertz CT molecular complexity index is 3220. The van der Waals surface area contributed by atoms with Crippen LogP contribution in [0.1, 0.15) is 0 Å². The van der Waals surface area contributed by atoms with E-state index in [4.69, 9.17) is 19.5 Å². The molecule has 5 nitrogen and oxygen atoms in total. The van der Waals surface area contributed by atoms with Gasteiger partial charge < -0.3 is 4.42 Å². The Morgan fingerprint density at radius 1 is 0.429 bits per heavy atom. The van der Waals surface area contributed by atoms with Gasteiger partial charge in [-0.25, -0.2) is 14.5 Å². The zero-order valence-corrected chi connectivity index (χ0v) is 30.2. The van der Waals surface area contributed by atoms with Crippen LogP contribution in [0.3, 0.4) is 0 Å². The van der Waals surface area contributed by atoms with Crippen LogP contribution in [0.4, 0.5) is 0 Å². The van der Waals surface area contributed by atoms with Gasteiger partial charge in [-0.1, -0.05) is 170 Å². The van der Waals surface area contributed by atoms with Crippen molar-refractivity contribution in [2.75, 3.05) is 0 Å². The highest BCUT2D eigenvalue weighted by Crippen LogP contribution is 2.42. The Kier molecular flexibility index (Phi) is 7.42. The van der Waals surface area contributed by atoms with Crippen LogP contribution in [0.2, 0.25) is 0 Å². The molecule has 0 spiro atoms. The predicted molar refractivity (Wildman–Crippen MR) is 228 cm³/mol. The van der Waals surface area contributed by atoms with Gasteiger partial charge in [0.2, 0.25) is 0 Å². The Hall–Kier alpha value is -7.63. The third-order valence-corrected chi connectivity index (χ3v) is 10.6. The van der Waals surface area contributed by atoms with Crippen molar-refractivity contribution in [3.8, 4) is 67.5 Å². The fourth-order valence-electron chi connectivity index (χ4n) is 7.98. The van der Waals surface area contributed by atoms with Crippen LogP contribution in [0.15, 0.2) is 199 Å². The summed E-state index contributed by atoms with van der Waals surface area (Å²) < 4.78 is 8.59. The summed E-state index contributed by atoms with van der Waals surface area (Å²) in [4.78, 5) is 10.4. The van der Waals surface area contributed by atoms with E-state index < -0.39 is 0 Å².